The fourth-order valence-corrected chi connectivity index (χ4v) is 13.4. The Bertz CT molecular complexity index is 2680. The van der Waals surface area contributed by atoms with Crippen LogP contribution in [0.15, 0.2) is 157 Å². The first-order chi connectivity index (χ1) is 29.6. The predicted molar refractivity (Wildman–Crippen MR) is 272 cm³/mol. The average molecular weight is 830 g/mol. The van der Waals surface area contributed by atoms with Crippen LogP contribution in [-0.2, 0) is 10.8 Å². The molecule has 6 aromatic rings. The Balaban J connectivity index is 1.03. The number of hydrogen-bond acceptors (Lipinski definition) is 1. The van der Waals surface area contributed by atoms with Crippen LogP contribution in [0.5, 0.6) is 0 Å². The van der Waals surface area contributed by atoms with Crippen LogP contribution in [0.4, 0.5) is 17.1 Å². The molecular weight excluding hydrogens is 767 g/mol. The summed E-state index contributed by atoms with van der Waals surface area (Å²) in [6.45, 7) is 19.3. The normalized spacial score (nSPS) is 17.2. The third kappa shape index (κ3) is 6.89. The molecule has 0 N–H and O–H groups in total. The van der Waals surface area contributed by atoms with E-state index in [-0.39, 0.29) is 20.3 Å². The lowest BCUT2D eigenvalue weighted by atomic mass is 9.71. The molecule has 308 valence electrons. The number of fused-ring (bicyclic) bond motifs is 6. The first-order valence-electron chi connectivity index (χ1n) is 23.2. The summed E-state index contributed by atoms with van der Waals surface area (Å²) in [5.74, 6) is 0.368. The van der Waals surface area contributed by atoms with Crippen molar-refractivity contribution in [1.82, 2.24) is 0 Å². The quantitative estimate of drug-likeness (QED) is 0.111. The Morgan fingerprint density at radius 3 is 1.93 bits per heavy atom. The molecule has 3 aliphatic rings. The standard InChI is InChI=1S/C58H63NSi2/c1-9-57(10-2)51-36-40(24-32-47(51)49-34-28-43(38-53(49)57)42-26-30-46(31-27-42)61(6,7)8)22-23-41-25-33-48-50-35-29-45(39-54(50)58(11-3,12-4)52(48)37-41)59(44-18-14-13-15-19-44)55-20-16-17-21-56(55)60-5/h13-23,25-40H,9-12,24,60H2,1-8H3/b23-22+. The zero-order valence-corrected chi connectivity index (χ0v) is 40.2. The molecule has 0 fully saturated rings. The SMILES string of the molecule is CCC1(CC)C2=CC(/C=C/c3ccc4c(c3)C(CC)(CC)c3cc(N(c5ccccc5)c5ccccc5[SiH2]C)ccc3-4)CC=C2c2ccc(-c3ccc([Si](C)(C)C)cc3)cc21. The number of benzene rings is 6. The molecule has 0 radical (unpaired) electrons. The zero-order chi connectivity index (χ0) is 42.5. The summed E-state index contributed by atoms with van der Waals surface area (Å²) >= 11 is 0. The Labute approximate surface area is 369 Å². The fraction of sp³-hybridized carbons (Fsp3) is 0.276. The summed E-state index contributed by atoms with van der Waals surface area (Å²) in [7, 11) is -1.73. The van der Waals surface area contributed by atoms with Crippen molar-refractivity contribution >= 4 is 56.7 Å². The maximum atomic E-state index is 2.63. The molecule has 1 nitrogen and oxygen atoms in total. The smallest absolute Gasteiger partial charge is 0.0775 e. The molecule has 0 amide bonds. The van der Waals surface area contributed by atoms with Gasteiger partial charge in [0.05, 0.1) is 17.6 Å². The second-order valence-electron chi connectivity index (χ2n) is 18.8. The van der Waals surface area contributed by atoms with E-state index in [0.717, 1.165) is 32.1 Å². The van der Waals surface area contributed by atoms with E-state index in [1.54, 1.807) is 5.57 Å². The average Bonchev–Trinajstić information content (AvgIpc) is 3.74. The van der Waals surface area contributed by atoms with Gasteiger partial charge in [-0.25, -0.2) is 0 Å². The Kier molecular flexibility index (Phi) is 10.9. The third-order valence-electron chi connectivity index (χ3n) is 14.9. The lowest BCUT2D eigenvalue weighted by Gasteiger charge is -2.32. The maximum absolute atomic E-state index is 2.63. The summed E-state index contributed by atoms with van der Waals surface area (Å²) in [6, 6.07) is 51.3. The van der Waals surface area contributed by atoms with Crippen LogP contribution < -0.4 is 15.3 Å². The van der Waals surface area contributed by atoms with Gasteiger partial charge in [0.2, 0.25) is 0 Å². The second-order valence-corrected chi connectivity index (χ2v) is 25.4. The fourth-order valence-electron chi connectivity index (χ4n) is 11.2. The molecule has 6 aromatic carbocycles. The number of rotatable bonds is 12. The van der Waals surface area contributed by atoms with Crippen LogP contribution in [0.25, 0.3) is 33.9 Å². The predicted octanol–water partition coefficient (Wildman–Crippen LogP) is 14.4. The first-order valence-corrected chi connectivity index (χ1v) is 28.8. The molecule has 1 atom stereocenters. The van der Waals surface area contributed by atoms with Crippen molar-refractivity contribution in [3.63, 3.8) is 0 Å². The molecule has 0 bridgehead atoms. The van der Waals surface area contributed by atoms with Gasteiger partial charge in [0.25, 0.3) is 0 Å². The van der Waals surface area contributed by atoms with Gasteiger partial charge in [-0.2, -0.15) is 0 Å². The van der Waals surface area contributed by atoms with E-state index in [4.69, 9.17) is 0 Å². The summed E-state index contributed by atoms with van der Waals surface area (Å²) in [5.41, 5.74) is 19.5. The van der Waals surface area contributed by atoms with E-state index < -0.39 is 8.07 Å². The Morgan fingerprint density at radius 1 is 0.623 bits per heavy atom. The summed E-state index contributed by atoms with van der Waals surface area (Å²) in [4.78, 5) is 2.50. The van der Waals surface area contributed by atoms with Crippen molar-refractivity contribution in [1.29, 1.82) is 0 Å². The van der Waals surface area contributed by atoms with Gasteiger partial charge in [0, 0.05) is 27.9 Å². The van der Waals surface area contributed by atoms with Crippen molar-refractivity contribution in [3.05, 3.63) is 185 Å². The summed E-state index contributed by atoms with van der Waals surface area (Å²) in [5, 5.41) is 3.01. The molecule has 0 saturated heterocycles. The molecule has 0 aliphatic heterocycles. The van der Waals surface area contributed by atoms with Crippen LogP contribution >= 0.6 is 0 Å². The lowest BCUT2D eigenvalue weighted by Crippen LogP contribution is -2.37. The van der Waals surface area contributed by atoms with Gasteiger partial charge >= 0.3 is 0 Å². The first kappa shape index (κ1) is 41.1. The van der Waals surface area contributed by atoms with Crippen LogP contribution in [0, 0.1) is 5.92 Å². The number of nitrogens with zero attached hydrogens (tertiary/aromatic N) is 1. The van der Waals surface area contributed by atoms with E-state index in [2.05, 4.69) is 217 Å². The van der Waals surface area contributed by atoms with E-state index in [0.29, 0.717) is 5.92 Å². The van der Waals surface area contributed by atoms with Crippen LogP contribution in [0.1, 0.15) is 87.6 Å². The summed E-state index contributed by atoms with van der Waals surface area (Å²) in [6.07, 6.45) is 15.5. The molecule has 3 aliphatic carbocycles. The van der Waals surface area contributed by atoms with Gasteiger partial charge in [-0.05, 0) is 141 Å². The van der Waals surface area contributed by atoms with E-state index in [1.165, 1.54) is 83.1 Å². The van der Waals surface area contributed by atoms with E-state index in [9.17, 15) is 0 Å². The van der Waals surface area contributed by atoms with Gasteiger partial charge in [0.15, 0.2) is 0 Å². The second kappa shape index (κ2) is 16.2. The molecule has 0 spiro atoms. The number of anilines is 3. The topological polar surface area (TPSA) is 3.24 Å². The Morgan fingerprint density at radius 2 is 1.25 bits per heavy atom. The van der Waals surface area contributed by atoms with Crippen molar-refractivity contribution in [2.75, 3.05) is 4.90 Å². The van der Waals surface area contributed by atoms with Crippen molar-refractivity contribution in [3.8, 4) is 22.3 Å². The van der Waals surface area contributed by atoms with Crippen LogP contribution in [-0.4, -0.2) is 17.6 Å². The van der Waals surface area contributed by atoms with E-state index >= 15 is 0 Å². The lowest BCUT2D eigenvalue weighted by molar-refractivity contribution is 0.485. The number of allylic oxidation sites excluding steroid dienone is 5. The molecule has 0 saturated carbocycles. The van der Waals surface area contributed by atoms with Crippen molar-refractivity contribution in [2.45, 2.75) is 96.8 Å². The van der Waals surface area contributed by atoms with Crippen LogP contribution in [0.3, 0.4) is 0 Å². The Hall–Kier alpha value is -5.23. The molecule has 61 heavy (non-hydrogen) atoms. The van der Waals surface area contributed by atoms with Crippen molar-refractivity contribution < 1.29 is 0 Å². The minimum atomic E-state index is -1.34. The van der Waals surface area contributed by atoms with Gasteiger partial charge in [-0.3, -0.25) is 0 Å². The summed E-state index contributed by atoms with van der Waals surface area (Å²) < 4.78 is 0. The molecule has 9 rings (SSSR count). The number of hydrogen-bond donors (Lipinski definition) is 0. The third-order valence-corrected chi connectivity index (χ3v) is 18.3. The molecule has 3 heteroatoms. The van der Waals surface area contributed by atoms with Crippen molar-refractivity contribution in [2.24, 2.45) is 5.92 Å². The van der Waals surface area contributed by atoms with E-state index in [1.807, 2.05) is 0 Å². The van der Waals surface area contributed by atoms with Crippen LogP contribution in [0.2, 0.25) is 26.2 Å². The van der Waals surface area contributed by atoms with Gasteiger partial charge in [-0.15, -0.1) is 0 Å². The molecule has 0 aromatic heterocycles. The largest absolute Gasteiger partial charge is 0.311 e. The highest BCUT2D eigenvalue weighted by molar-refractivity contribution is 6.88. The maximum Gasteiger partial charge on any atom is 0.0775 e. The molecule has 1 unspecified atom stereocenters. The highest BCUT2D eigenvalue weighted by atomic mass is 28.3. The minimum Gasteiger partial charge on any atom is -0.311 e. The van der Waals surface area contributed by atoms with Gasteiger partial charge < -0.3 is 4.90 Å². The monoisotopic (exact) mass is 829 g/mol. The minimum absolute atomic E-state index is 0.0386. The number of para-hydroxylation sites is 2. The highest BCUT2D eigenvalue weighted by Gasteiger charge is 2.44. The zero-order valence-electron chi connectivity index (χ0n) is 37.8. The molecule has 0 heterocycles. The van der Waals surface area contributed by atoms with Gasteiger partial charge in [0.1, 0.15) is 0 Å². The van der Waals surface area contributed by atoms with Gasteiger partial charge in [-0.1, -0.05) is 180 Å². The highest BCUT2D eigenvalue weighted by Crippen LogP contribution is 2.57. The molecular formula is C58H63NSi2.